The highest BCUT2D eigenvalue weighted by Gasteiger charge is 2.44. The van der Waals surface area contributed by atoms with E-state index in [0.717, 1.165) is 18.5 Å². The van der Waals surface area contributed by atoms with E-state index in [-0.39, 0.29) is 24.0 Å². The van der Waals surface area contributed by atoms with Crippen molar-refractivity contribution in [3.8, 4) is 0 Å². The van der Waals surface area contributed by atoms with Crippen LogP contribution in [0.15, 0.2) is 10.6 Å². The van der Waals surface area contributed by atoms with Crippen molar-refractivity contribution in [1.29, 1.82) is 0 Å². The molecule has 0 aliphatic carbocycles. The zero-order valence-electron chi connectivity index (χ0n) is 14.8. The number of ether oxygens (including phenoxy) is 1. The average Bonchev–Trinajstić information content (AvgIpc) is 3.32. The molecule has 2 fully saturated rings. The Morgan fingerprint density at radius 2 is 2.24 bits per heavy atom. The number of hydrogen-bond acceptors (Lipinski definition) is 6. The van der Waals surface area contributed by atoms with Crippen molar-refractivity contribution in [2.24, 2.45) is 0 Å². The van der Waals surface area contributed by atoms with E-state index in [0.29, 0.717) is 37.1 Å². The van der Waals surface area contributed by atoms with E-state index in [9.17, 15) is 4.79 Å². The predicted molar refractivity (Wildman–Crippen MR) is 88.2 cm³/mol. The molecule has 134 valence electrons. The SMILES string of the molecule is CCn1nc(C)cc1C(=O)N1C[C@@H](c2nc(C)no2)C[C@H]2OCC[C@H]21. The van der Waals surface area contributed by atoms with Crippen molar-refractivity contribution in [2.45, 2.75) is 58.2 Å². The van der Waals surface area contributed by atoms with E-state index < -0.39 is 0 Å². The predicted octanol–water partition coefficient (Wildman–Crippen LogP) is 1.69. The number of aromatic nitrogens is 4. The van der Waals surface area contributed by atoms with E-state index in [1.807, 2.05) is 24.8 Å². The Hall–Kier alpha value is -2.22. The Morgan fingerprint density at radius 1 is 1.40 bits per heavy atom. The second-order valence-electron chi connectivity index (χ2n) is 6.82. The lowest BCUT2D eigenvalue weighted by atomic mass is 9.89. The highest BCUT2D eigenvalue weighted by molar-refractivity contribution is 5.93. The van der Waals surface area contributed by atoms with Crippen LogP contribution in [0.3, 0.4) is 0 Å². The topological polar surface area (TPSA) is 86.3 Å². The van der Waals surface area contributed by atoms with Gasteiger partial charge in [0, 0.05) is 19.7 Å². The molecule has 4 heterocycles. The number of piperidine rings is 1. The molecular formula is C17H23N5O3. The molecule has 0 bridgehead atoms. The summed E-state index contributed by atoms with van der Waals surface area (Å²) in [5.41, 5.74) is 1.48. The fourth-order valence-electron chi connectivity index (χ4n) is 3.94. The molecule has 3 atom stereocenters. The van der Waals surface area contributed by atoms with Gasteiger partial charge in [0.1, 0.15) is 5.69 Å². The van der Waals surface area contributed by atoms with Gasteiger partial charge < -0.3 is 14.2 Å². The molecule has 0 spiro atoms. The van der Waals surface area contributed by atoms with Crippen LogP contribution in [-0.2, 0) is 11.3 Å². The number of nitrogens with zero attached hydrogens (tertiary/aromatic N) is 5. The van der Waals surface area contributed by atoms with Crippen LogP contribution in [0.2, 0.25) is 0 Å². The van der Waals surface area contributed by atoms with Crippen molar-refractivity contribution in [3.63, 3.8) is 0 Å². The van der Waals surface area contributed by atoms with Crippen LogP contribution >= 0.6 is 0 Å². The van der Waals surface area contributed by atoms with Gasteiger partial charge in [-0.25, -0.2) is 0 Å². The summed E-state index contributed by atoms with van der Waals surface area (Å²) in [4.78, 5) is 19.5. The molecule has 0 N–H and O–H groups in total. The van der Waals surface area contributed by atoms with Gasteiger partial charge in [-0.15, -0.1) is 0 Å². The average molecular weight is 345 g/mol. The highest BCUT2D eigenvalue weighted by Crippen LogP contribution is 2.36. The fourth-order valence-corrected chi connectivity index (χ4v) is 3.94. The van der Waals surface area contributed by atoms with Crippen LogP contribution in [0.4, 0.5) is 0 Å². The van der Waals surface area contributed by atoms with Crippen molar-refractivity contribution >= 4 is 5.91 Å². The number of amides is 1. The van der Waals surface area contributed by atoms with Gasteiger partial charge in [-0.2, -0.15) is 10.1 Å². The molecule has 0 unspecified atom stereocenters. The molecule has 1 amide bonds. The fraction of sp³-hybridized carbons (Fsp3) is 0.647. The molecule has 25 heavy (non-hydrogen) atoms. The van der Waals surface area contributed by atoms with Crippen molar-refractivity contribution in [3.05, 3.63) is 29.2 Å². The standard InChI is InChI=1S/C17H23N5O3/c1-4-22-14(7-10(2)19-22)17(23)21-9-12(16-18-11(3)20-25-16)8-15-13(21)5-6-24-15/h7,12-13,15H,4-6,8-9H2,1-3H3/t12-,13+,15+/m0/s1. The molecule has 8 nitrogen and oxygen atoms in total. The number of hydrogen-bond donors (Lipinski definition) is 0. The summed E-state index contributed by atoms with van der Waals surface area (Å²) < 4.78 is 13.0. The first-order valence-corrected chi connectivity index (χ1v) is 8.84. The maximum absolute atomic E-state index is 13.3. The first kappa shape index (κ1) is 16.3. The zero-order chi connectivity index (χ0) is 17.6. The Morgan fingerprint density at radius 3 is 2.96 bits per heavy atom. The number of carbonyl (C=O) groups excluding carboxylic acids is 1. The highest BCUT2D eigenvalue weighted by atomic mass is 16.5. The molecule has 0 saturated carbocycles. The van der Waals surface area contributed by atoms with Crippen molar-refractivity contribution < 1.29 is 14.1 Å². The molecule has 2 aromatic heterocycles. The minimum absolute atomic E-state index is 0.00333. The first-order chi connectivity index (χ1) is 12.1. The van der Waals surface area contributed by atoms with Crippen LogP contribution in [0.5, 0.6) is 0 Å². The van der Waals surface area contributed by atoms with E-state index in [1.165, 1.54) is 0 Å². The zero-order valence-corrected chi connectivity index (χ0v) is 14.8. The third kappa shape index (κ3) is 2.84. The molecule has 2 aliphatic rings. The van der Waals surface area contributed by atoms with Gasteiger partial charge in [0.2, 0.25) is 5.89 Å². The van der Waals surface area contributed by atoms with Gasteiger partial charge in [0.15, 0.2) is 5.82 Å². The number of carbonyl (C=O) groups is 1. The molecule has 0 radical (unpaired) electrons. The Bertz CT molecular complexity index is 783. The van der Waals surface area contributed by atoms with Gasteiger partial charge in [-0.1, -0.05) is 5.16 Å². The summed E-state index contributed by atoms with van der Waals surface area (Å²) in [6.45, 7) is 7.62. The van der Waals surface area contributed by atoms with Crippen LogP contribution in [0.1, 0.15) is 53.6 Å². The Kier molecular flexibility index (Phi) is 4.07. The van der Waals surface area contributed by atoms with E-state index in [4.69, 9.17) is 9.26 Å². The largest absolute Gasteiger partial charge is 0.376 e. The van der Waals surface area contributed by atoms with Gasteiger partial charge in [0.25, 0.3) is 5.91 Å². The lowest BCUT2D eigenvalue weighted by Crippen LogP contribution is -2.51. The molecule has 0 aromatic carbocycles. The second-order valence-corrected chi connectivity index (χ2v) is 6.82. The summed E-state index contributed by atoms with van der Waals surface area (Å²) in [6, 6.07) is 1.96. The van der Waals surface area contributed by atoms with Crippen molar-refractivity contribution in [1.82, 2.24) is 24.8 Å². The summed E-state index contributed by atoms with van der Waals surface area (Å²) >= 11 is 0. The smallest absolute Gasteiger partial charge is 0.272 e. The van der Waals surface area contributed by atoms with Gasteiger partial charge in [-0.05, 0) is 39.7 Å². The van der Waals surface area contributed by atoms with Crippen LogP contribution in [0, 0.1) is 13.8 Å². The van der Waals surface area contributed by atoms with Gasteiger partial charge >= 0.3 is 0 Å². The lowest BCUT2D eigenvalue weighted by Gasteiger charge is -2.39. The molecule has 4 rings (SSSR count). The Balaban J connectivity index is 1.64. The first-order valence-electron chi connectivity index (χ1n) is 8.84. The molecule has 2 aliphatic heterocycles. The van der Waals surface area contributed by atoms with Gasteiger partial charge in [-0.3, -0.25) is 9.48 Å². The van der Waals surface area contributed by atoms with E-state index in [2.05, 4.69) is 15.2 Å². The van der Waals surface area contributed by atoms with E-state index in [1.54, 1.807) is 11.6 Å². The summed E-state index contributed by atoms with van der Waals surface area (Å²) in [7, 11) is 0. The van der Waals surface area contributed by atoms with Gasteiger partial charge in [0.05, 0.1) is 23.8 Å². The maximum atomic E-state index is 13.3. The Labute approximate surface area is 146 Å². The maximum Gasteiger partial charge on any atom is 0.272 e. The lowest BCUT2D eigenvalue weighted by molar-refractivity contribution is 0.0118. The number of fused-ring (bicyclic) bond motifs is 1. The number of rotatable bonds is 3. The summed E-state index contributed by atoms with van der Waals surface area (Å²) in [6.07, 6.45) is 1.70. The van der Waals surface area contributed by atoms with Crippen LogP contribution in [-0.4, -0.2) is 56.0 Å². The van der Waals surface area contributed by atoms with Crippen LogP contribution in [0.25, 0.3) is 0 Å². The molecular weight excluding hydrogens is 322 g/mol. The summed E-state index contributed by atoms with van der Waals surface area (Å²) in [5.74, 6) is 1.21. The molecule has 2 saturated heterocycles. The molecule has 8 heteroatoms. The number of aryl methyl sites for hydroxylation is 3. The monoisotopic (exact) mass is 345 g/mol. The van der Waals surface area contributed by atoms with E-state index >= 15 is 0 Å². The minimum Gasteiger partial charge on any atom is -0.376 e. The number of likely N-dealkylation sites (tertiary alicyclic amines) is 1. The second kappa shape index (κ2) is 6.25. The normalized spacial score (nSPS) is 26.0. The quantitative estimate of drug-likeness (QED) is 0.841. The van der Waals surface area contributed by atoms with Crippen LogP contribution < -0.4 is 0 Å². The summed E-state index contributed by atoms with van der Waals surface area (Å²) in [5, 5.41) is 8.30. The minimum atomic E-state index is 0.00333. The third-order valence-corrected chi connectivity index (χ3v) is 5.08. The molecule has 2 aromatic rings. The van der Waals surface area contributed by atoms with Crippen molar-refractivity contribution in [2.75, 3.05) is 13.2 Å². The third-order valence-electron chi connectivity index (χ3n) is 5.08.